The highest BCUT2D eigenvalue weighted by Gasteiger charge is 2.39. The van der Waals surface area contributed by atoms with Gasteiger partial charge in [-0.3, -0.25) is 19.1 Å². The van der Waals surface area contributed by atoms with Crippen LogP contribution in [0, 0.1) is 0 Å². The maximum absolute atomic E-state index is 12.5. The Morgan fingerprint density at radius 1 is 1.00 bits per heavy atom. The molecule has 3 heterocycles. The average Bonchev–Trinajstić information content (AvgIpc) is 3.27. The second kappa shape index (κ2) is 11.9. The van der Waals surface area contributed by atoms with E-state index < -0.39 is 18.4 Å². The van der Waals surface area contributed by atoms with Crippen LogP contribution in [0.5, 0.6) is 0 Å². The monoisotopic (exact) mass is 564 g/mol. The van der Waals surface area contributed by atoms with Crippen molar-refractivity contribution in [2.45, 2.75) is 32.1 Å². The summed E-state index contributed by atoms with van der Waals surface area (Å²) in [4.78, 5) is 45.6. The highest BCUT2D eigenvalue weighted by atomic mass is 16.4. The van der Waals surface area contributed by atoms with E-state index in [0.717, 1.165) is 60.8 Å². The number of nitrogens with one attached hydrogen (secondary N) is 2. The molecule has 0 spiro atoms. The van der Waals surface area contributed by atoms with Crippen molar-refractivity contribution in [2.75, 3.05) is 50.5 Å². The predicted octanol–water partition coefficient (Wildman–Crippen LogP) is 2.11. The van der Waals surface area contributed by atoms with Crippen molar-refractivity contribution in [1.29, 1.82) is 0 Å². The molecule has 41 heavy (non-hydrogen) atoms. The van der Waals surface area contributed by atoms with Gasteiger partial charge in [-0.1, -0.05) is 13.8 Å². The van der Waals surface area contributed by atoms with Crippen LogP contribution in [0.15, 0.2) is 30.5 Å². The highest BCUT2D eigenvalue weighted by molar-refractivity contribution is 5.96. The second-order valence-electron chi connectivity index (χ2n) is 10.8. The Balaban J connectivity index is 0.000000493. The second-order valence-corrected chi connectivity index (χ2v) is 10.8. The molecule has 1 aromatic carbocycles. The number of carboxylic acids is 2. The summed E-state index contributed by atoms with van der Waals surface area (Å²) in [6.45, 7) is 8.51. The van der Waals surface area contributed by atoms with Gasteiger partial charge in [-0.25, -0.2) is 9.97 Å². The Morgan fingerprint density at radius 2 is 1.63 bits per heavy atom. The maximum Gasteiger partial charge on any atom is 0.314 e. The SMILES string of the molecule is CNC(=O)c1nn(C)c2c1C(C)(C)Cc1cnc(Nc3ccc(N4CCN(C)CC4)cc3)nc1-2.O=C(O)CC(=O)O. The van der Waals surface area contributed by atoms with E-state index in [0.29, 0.717) is 11.6 Å². The molecule has 3 aromatic rings. The molecular weight excluding hydrogens is 528 g/mol. The molecule has 2 aromatic heterocycles. The summed E-state index contributed by atoms with van der Waals surface area (Å²) in [6, 6.07) is 8.42. The molecule has 0 bridgehead atoms. The molecule has 0 saturated carbocycles. The minimum atomic E-state index is -1.31. The zero-order valence-corrected chi connectivity index (χ0v) is 23.9. The van der Waals surface area contributed by atoms with E-state index in [4.69, 9.17) is 15.2 Å². The number of aromatic nitrogens is 4. The quantitative estimate of drug-likeness (QED) is 0.324. The Labute approximate surface area is 238 Å². The first kappa shape index (κ1) is 29.5. The average molecular weight is 565 g/mol. The standard InChI is InChI=1S/C25H32N8O.C3H4O4/c1-25(2)14-16-15-27-24(29-20(16)22-19(25)21(23(34)26-3)30-32(22)5)28-17-6-8-18(9-7-17)33-12-10-31(4)11-13-33;4-2(5)1-3(6)7/h6-9,15H,10-14H2,1-5H3,(H,26,34)(H,27,28,29);1H2,(H,4,5)(H,6,7). The van der Waals surface area contributed by atoms with Crippen molar-refractivity contribution >= 4 is 35.2 Å². The van der Waals surface area contributed by atoms with E-state index in [1.165, 1.54) is 5.69 Å². The maximum atomic E-state index is 12.5. The number of hydrogen-bond acceptors (Lipinski definition) is 9. The van der Waals surface area contributed by atoms with Crippen LogP contribution in [0.1, 0.15) is 41.9 Å². The number of aryl methyl sites for hydroxylation is 1. The Bertz CT molecular complexity index is 1430. The van der Waals surface area contributed by atoms with Gasteiger partial charge in [-0.2, -0.15) is 5.10 Å². The number of amides is 1. The number of nitrogens with zero attached hydrogens (tertiary/aromatic N) is 6. The first-order chi connectivity index (χ1) is 19.4. The summed E-state index contributed by atoms with van der Waals surface area (Å²) in [7, 11) is 5.66. The summed E-state index contributed by atoms with van der Waals surface area (Å²) in [5, 5.41) is 26.0. The van der Waals surface area contributed by atoms with Crippen molar-refractivity contribution in [2.24, 2.45) is 7.05 Å². The molecule has 1 fully saturated rings. The number of rotatable bonds is 6. The lowest BCUT2D eigenvalue weighted by molar-refractivity contribution is -0.147. The Kier molecular flexibility index (Phi) is 8.57. The number of piperazine rings is 1. The zero-order valence-electron chi connectivity index (χ0n) is 23.9. The topological polar surface area (TPSA) is 166 Å². The van der Waals surface area contributed by atoms with Gasteiger partial charge >= 0.3 is 11.9 Å². The smallest absolute Gasteiger partial charge is 0.314 e. The number of anilines is 3. The van der Waals surface area contributed by atoms with Crippen molar-refractivity contribution in [3.8, 4) is 11.4 Å². The molecule has 4 N–H and O–H groups in total. The van der Waals surface area contributed by atoms with Gasteiger partial charge in [0.15, 0.2) is 5.69 Å². The summed E-state index contributed by atoms with van der Waals surface area (Å²) in [5.41, 5.74) is 6.06. The number of carboxylic acid groups (broad SMARTS) is 2. The minimum absolute atomic E-state index is 0.179. The Hall–Kier alpha value is -4.52. The molecule has 5 rings (SSSR count). The normalized spacial score (nSPS) is 15.6. The molecule has 0 radical (unpaired) electrons. The van der Waals surface area contributed by atoms with Gasteiger partial charge in [-0.05, 0) is 48.7 Å². The fraction of sp³-hybridized carbons (Fsp3) is 0.429. The lowest BCUT2D eigenvalue weighted by atomic mass is 9.73. The van der Waals surface area contributed by atoms with E-state index in [9.17, 15) is 14.4 Å². The van der Waals surface area contributed by atoms with Crippen LogP contribution >= 0.6 is 0 Å². The molecule has 218 valence electrons. The fourth-order valence-electron chi connectivity index (χ4n) is 5.16. The van der Waals surface area contributed by atoms with Crippen molar-refractivity contribution < 1.29 is 24.6 Å². The van der Waals surface area contributed by atoms with Gasteiger partial charge in [0.1, 0.15) is 6.42 Å². The third-order valence-electron chi connectivity index (χ3n) is 7.18. The van der Waals surface area contributed by atoms with Gasteiger partial charge in [-0.15, -0.1) is 0 Å². The summed E-state index contributed by atoms with van der Waals surface area (Å²) in [6.07, 6.45) is 1.82. The van der Waals surface area contributed by atoms with Crippen molar-refractivity contribution in [3.05, 3.63) is 47.3 Å². The van der Waals surface area contributed by atoms with Crippen LogP contribution in [-0.2, 0) is 28.5 Å². The summed E-state index contributed by atoms with van der Waals surface area (Å²) in [5.74, 6) is -2.28. The van der Waals surface area contributed by atoms with Gasteiger partial charge in [0.25, 0.3) is 5.91 Å². The number of benzene rings is 1. The van der Waals surface area contributed by atoms with E-state index >= 15 is 0 Å². The van der Waals surface area contributed by atoms with E-state index in [1.54, 1.807) is 11.7 Å². The van der Waals surface area contributed by atoms with E-state index in [-0.39, 0.29) is 11.3 Å². The lowest BCUT2D eigenvalue weighted by Crippen LogP contribution is -2.44. The number of hydrogen-bond donors (Lipinski definition) is 4. The number of likely N-dealkylation sites (N-methyl/N-ethyl adjacent to an activating group) is 1. The van der Waals surface area contributed by atoms with Crippen LogP contribution in [-0.4, -0.2) is 93.0 Å². The largest absolute Gasteiger partial charge is 0.481 e. The number of carbonyl (C=O) groups is 3. The molecule has 13 heteroatoms. The van der Waals surface area contributed by atoms with Gasteiger partial charge in [0, 0.05) is 63.4 Å². The number of fused-ring (bicyclic) bond motifs is 3. The molecular formula is C28H36N8O5. The van der Waals surface area contributed by atoms with E-state index in [1.807, 2.05) is 13.2 Å². The molecule has 0 atom stereocenters. The molecule has 2 aliphatic rings. The third kappa shape index (κ3) is 6.62. The lowest BCUT2D eigenvalue weighted by Gasteiger charge is -2.34. The van der Waals surface area contributed by atoms with Gasteiger partial charge in [0.05, 0.1) is 11.4 Å². The molecule has 1 amide bonds. The Morgan fingerprint density at radius 3 is 2.20 bits per heavy atom. The van der Waals surface area contributed by atoms with Crippen LogP contribution in [0.3, 0.4) is 0 Å². The molecule has 13 nitrogen and oxygen atoms in total. The molecule has 1 saturated heterocycles. The van der Waals surface area contributed by atoms with Crippen LogP contribution < -0.4 is 15.5 Å². The van der Waals surface area contributed by atoms with Gasteiger partial charge < -0.3 is 30.6 Å². The number of carbonyl (C=O) groups excluding carboxylic acids is 1. The van der Waals surface area contributed by atoms with Crippen LogP contribution in [0.25, 0.3) is 11.4 Å². The highest BCUT2D eigenvalue weighted by Crippen LogP contribution is 2.43. The van der Waals surface area contributed by atoms with E-state index in [2.05, 4.69) is 75.7 Å². The molecule has 1 aliphatic heterocycles. The third-order valence-corrected chi connectivity index (χ3v) is 7.18. The zero-order chi connectivity index (χ0) is 29.9. The van der Waals surface area contributed by atoms with Gasteiger partial charge in [0.2, 0.25) is 5.95 Å². The molecule has 0 unspecified atom stereocenters. The molecule has 1 aliphatic carbocycles. The van der Waals surface area contributed by atoms with Crippen molar-refractivity contribution in [3.63, 3.8) is 0 Å². The fourth-order valence-corrected chi connectivity index (χ4v) is 5.16. The minimum Gasteiger partial charge on any atom is -0.481 e. The summed E-state index contributed by atoms with van der Waals surface area (Å²) >= 11 is 0. The van der Waals surface area contributed by atoms with Crippen molar-refractivity contribution in [1.82, 2.24) is 30.0 Å². The number of aliphatic carboxylic acids is 2. The first-order valence-corrected chi connectivity index (χ1v) is 13.3. The predicted molar refractivity (Wildman–Crippen MR) is 154 cm³/mol. The van der Waals surface area contributed by atoms with Crippen LogP contribution in [0.2, 0.25) is 0 Å². The van der Waals surface area contributed by atoms with Crippen LogP contribution in [0.4, 0.5) is 17.3 Å². The summed E-state index contributed by atoms with van der Waals surface area (Å²) < 4.78 is 1.77. The first-order valence-electron chi connectivity index (χ1n) is 13.3.